The van der Waals surface area contributed by atoms with Crippen molar-refractivity contribution >= 4 is 17.5 Å². The Morgan fingerprint density at radius 3 is 2.42 bits per heavy atom. The van der Waals surface area contributed by atoms with Gasteiger partial charge in [-0.05, 0) is 30.5 Å². The molecule has 0 aromatic heterocycles. The maximum Gasteiger partial charge on any atom is 0.247 e. The van der Waals surface area contributed by atoms with Gasteiger partial charge in [0.15, 0.2) is 0 Å². The van der Waals surface area contributed by atoms with Gasteiger partial charge in [0.1, 0.15) is 0 Å². The summed E-state index contributed by atoms with van der Waals surface area (Å²) < 4.78 is 0. The number of nitrogens with one attached hydrogen (secondary N) is 1. The van der Waals surface area contributed by atoms with E-state index in [4.69, 9.17) is 0 Å². The van der Waals surface area contributed by atoms with E-state index in [1.165, 1.54) is 6.08 Å². The lowest BCUT2D eigenvalue weighted by Crippen LogP contribution is -2.46. The Balaban J connectivity index is 2.01. The van der Waals surface area contributed by atoms with Crippen LogP contribution in [0.1, 0.15) is 18.4 Å². The smallest absolute Gasteiger partial charge is 0.247 e. The van der Waals surface area contributed by atoms with E-state index in [0.29, 0.717) is 31.6 Å². The van der Waals surface area contributed by atoms with Gasteiger partial charge < -0.3 is 20.4 Å². The molecule has 0 atom stereocenters. The van der Waals surface area contributed by atoms with Crippen LogP contribution in [-0.4, -0.2) is 53.2 Å². The van der Waals surface area contributed by atoms with E-state index >= 15 is 0 Å². The third-order valence-electron chi connectivity index (χ3n) is 4.65. The predicted octanol–water partition coefficient (Wildman–Crippen LogP) is 0.947. The lowest BCUT2D eigenvalue weighted by atomic mass is 9.80. The van der Waals surface area contributed by atoms with Crippen molar-refractivity contribution in [1.82, 2.24) is 4.90 Å². The molecular weight excluding hydrogens is 308 g/mol. The van der Waals surface area contributed by atoms with Crippen molar-refractivity contribution in [3.8, 4) is 0 Å². The van der Waals surface area contributed by atoms with Gasteiger partial charge >= 0.3 is 0 Å². The summed E-state index contributed by atoms with van der Waals surface area (Å²) in [4.78, 5) is 25.8. The summed E-state index contributed by atoms with van der Waals surface area (Å²) in [6.45, 7) is 4.32. The second-order valence-corrected chi connectivity index (χ2v) is 6.22. The number of nitrogens with zero attached hydrogens (tertiary/aromatic N) is 1. The van der Waals surface area contributed by atoms with Crippen molar-refractivity contribution in [2.75, 3.05) is 31.6 Å². The molecule has 6 nitrogen and oxygen atoms in total. The number of aliphatic hydroxyl groups excluding tert-OH is 2. The van der Waals surface area contributed by atoms with Crippen LogP contribution < -0.4 is 5.32 Å². The highest BCUT2D eigenvalue weighted by molar-refractivity contribution is 5.99. The van der Waals surface area contributed by atoms with Crippen molar-refractivity contribution in [3.05, 3.63) is 42.5 Å². The van der Waals surface area contributed by atoms with Crippen LogP contribution in [0.25, 0.3) is 0 Å². The number of benzene rings is 1. The van der Waals surface area contributed by atoms with E-state index in [0.717, 1.165) is 5.56 Å². The molecule has 1 aliphatic rings. The highest BCUT2D eigenvalue weighted by atomic mass is 16.3. The normalized spacial score (nSPS) is 16.5. The molecule has 0 spiro atoms. The van der Waals surface area contributed by atoms with Crippen molar-refractivity contribution in [2.45, 2.75) is 19.3 Å². The molecule has 2 rings (SSSR count). The molecule has 0 radical (unpaired) electrons. The topological polar surface area (TPSA) is 89.9 Å². The monoisotopic (exact) mass is 332 g/mol. The van der Waals surface area contributed by atoms with Gasteiger partial charge in [-0.1, -0.05) is 24.8 Å². The second kappa shape index (κ2) is 8.08. The minimum absolute atomic E-state index is 0.0280. The third-order valence-corrected chi connectivity index (χ3v) is 4.65. The summed E-state index contributed by atoms with van der Waals surface area (Å²) >= 11 is 0. The van der Waals surface area contributed by atoms with Gasteiger partial charge in [0.2, 0.25) is 11.8 Å². The van der Waals surface area contributed by atoms with E-state index in [9.17, 15) is 19.8 Å². The number of carbonyl (C=O) groups excluding carboxylic acids is 2. The highest BCUT2D eigenvalue weighted by Crippen LogP contribution is 2.30. The molecular formula is C18H24N2O4. The average Bonchev–Trinajstić information content (AvgIpc) is 2.63. The molecule has 0 aliphatic carbocycles. The molecule has 24 heavy (non-hydrogen) atoms. The van der Waals surface area contributed by atoms with Crippen molar-refractivity contribution in [3.63, 3.8) is 0 Å². The minimum Gasteiger partial charge on any atom is -0.396 e. The molecule has 6 heteroatoms. The number of para-hydroxylation sites is 1. The number of hydrogen-bond donors (Lipinski definition) is 3. The SMILES string of the molecule is C=CC(=O)Nc1ccccc1CC(=O)N1CCC(CO)(CO)CC1. The van der Waals surface area contributed by atoms with Gasteiger partial charge in [-0.3, -0.25) is 9.59 Å². The van der Waals surface area contributed by atoms with Crippen LogP contribution in [0.2, 0.25) is 0 Å². The molecule has 1 saturated heterocycles. The van der Waals surface area contributed by atoms with Crippen LogP contribution in [0, 0.1) is 5.41 Å². The lowest BCUT2D eigenvalue weighted by Gasteiger charge is -2.39. The van der Waals surface area contributed by atoms with Crippen LogP contribution in [0.4, 0.5) is 5.69 Å². The Morgan fingerprint density at radius 1 is 1.21 bits per heavy atom. The number of carbonyl (C=O) groups is 2. The van der Waals surface area contributed by atoms with E-state index in [1.54, 1.807) is 17.0 Å². The summed E-state index contributed by atoms with van der Waals surface area (Å²) in [5.41, 5.74) is 0.874. The predicted molar refractivity (Wildman–Crippen MR) is 91.4 cm³/mol. The first-order chi connectivity index (χ1) is 11.5. The third kappa shape index (κ3) is 4.21. The van der Waals surface area contributed by atoms with Crippen LogP contribution in [-0.2, 0) is 16.0 Å². The molecule has 0 saturated carbocycles. The highest BCUT2D eigenvalue weighted by Gasteiger charge is 2.34. The van der Waals surface area contributed by atoms with Crippen molar-refractivity contribution in [1.29, 1.82) is 0 Å². The van der Waals surface area contributed by atoms with E-state index < -0.39 is 5.41 Å². The molecule has 2 amide bonds. The Bertz CT molecular complexity index is 601. The van der Waals surface area contributed by atoms with Gasteiger partial charge in [0.05, 0.1) is 19.6 Å². The number of amides is 2. The fraction of sp³-hybridized carbons (Fsp3) is 0.444. The maximum absolute atomic E-state index is 12.5. The quantitative estimate of drug-likeness (QED) is 0.677. The van der Waals surface area contributed by atoms with Crippen LogP contribution in [0.15, 0.2) is 36.9 Å². The zero-order chi connectivity index (χ0) is 17.6. The molecule has 130 valence electrons. The molecule has 1 heterocycles. The number of piperidine rings is 1. The van der Waals surface area contributed by atoms with Crippen LogP contribution >= 0.6 is 0 Å². The maximum atomic E-state index is 12.5. The first-order valence-electron chi connectivity index (χ1n) is 8.04. The summed E-state index contributed by atoms with van der Waals surface area (Å²) in [7, 11) is 0. The average molecular weight is 332 g/mol. The largest absolute Gasteiger partial charge is 0.396 e. The van der Waals surface area contributed by atoms with Crippen LogP contribution in [0.3, 0.4) is 0 Å². The zero-order valence-electron chi connectivity index (χ0n) is 13.7. The molecule has 1 aliphatic heterocycles. The number of anilines is 1. The van der Waals surface area contributed by atoms with Crippen molar-refractivity contribution in [2.24, 2.45) is 5.41 Å². The standard InChI is InChI=1S/C18H24N2O4/c1-2-16(23)19-15-6-4-3-5-14(15)11-17(24)20-9-7-18(12-21,13-22)8-10-20/h2-6,21-22H,1,7-13H2,(H,19,23). The molecule has 1 aromatic carbocycles. The Morgan fingerprint density at radius 2 is 1.83 bits per heavy atom. The van der Waals surface area contributed by atoms with E-state index in [-0.39, 0.29) is 31.4 Å². The Labute approximate surface area is 141 Å². The van der Waals surface area contributed by atoms with Gasteiger partial charge in [-0.2, -0.15) is 0 Å². The second-order valence-electron chi connectivity index (χ2n) is 6.22. The number of likely N-dealkylation sites (tertiary alicyclic amines) is 1. The number of aliphatic hydroxyl groups is 2. The molecule has 1 aromatic rings. The van der Waals surface area contributed by atoms with Gasteiger partial charge in [0.25, 0.3) is 0 Å². The molecule has 3 N–H and O–H groups in total. The van der Waals surface area contributed by atoms with Gasteiger partial charge in [-0.15, -0.1) is 0 Å². The first kappa shape index (κ1) is 18.2. The van der Waals surface area contributed by atoms with E-state index in [1.807, 2.05) is 12.1 Å². The Hall–Kier alpha value is -2.18. The molecule has 1 fully saturated rings. The summed E-state index contributed by atoms with van der Waals surface area (Å²) in [5, 5.41) is 21.6. The lowest BCUT2D eigenvalue weighted by molar-refractivity contribution is -0.134. The van der Waals surface area contributed by atoms with Crippen molar-refractivity contribution < 1.29 is 19.8 Å². The summed E-state index contributed by atoms with van der Waals surface area (Å²) in [6, 6.07) is 7.18. The molecule has 0 bridgehead atoms. The van der Waals surface area contributed by atoms with E-state index in [2.05, 4.69) is 11.9 Å². The van der Waals surface area contributed by atoms with Gasteiger partial charge in [-0.25, -0.2) is 0 Å². The van der Waals surface area contributed by atoms with Gasteiger partial charge in [0, 0.05) is 24.2 Å². The Kier molecular flexibility index (Phi) is 6.11. The summed E-state index contributed by atoms with van der Waals surface area (Å²) in [5.74, 6) is -0.344. The fourth-order valence-electron chi connectivity index (χ4n) is 2.85. The number of rotatable bonds is 6. The summed E-state index contributed by atoms with van der Waals surface area (Å²) in [6.07, 6.45) is 2.55. The zero-order valence-corrected chi connectivity index (χ0v) is 13.7. The first-order valence-corrected chi connectivity index (χ1v) is 8.04. The molecule has 0 unspecified atom stereocenters. The number of hydrogen-bond acceptors (Lipinski definition) is 4. The fourth-order valence-corrected chi connectivity index (χ4v) is 2.85. The minimum atomic E-state index is -0.480. The van der Waals surface area contributed by atoms with Crippen LogP contribution in [0.5, 0.6) is 0 Å².